The second kappa shape index (κ2) is 11.7. The van der Waals surface area contributed by atoms with Crippen LogP contribution in [0.2, 0.25) is 0 Å². The predicted molar refractivity (Wildman–Crippen MR) is 107 cm³/mol. The van der Waals surface area contributed by atoms with Gasteiger partial charge < -0.3 is 10.8 Å². The lowest BCUT2D eigenvalue weighted by atomic mass is 9.90. The molecule has 1 atom stereocenters. The standard InChI is InChI=1S/C20H35NO4S/c1-2-3-4-5-6-7-8-18-9-11-19(12-10-18)13-14-20(21,17-22)15-16-26(23,24)25/h9-12,22H,2-8,13-17,21H2,1H3,(H,23,24,25). The van der Waals surface area contributed by atoms with Crippen molar-refractivity contribution in [2.75, 3.05) is 12.4 Å². The van der Waals surface area contributed by atoms with Gasteiger partial charge in [-0.1, -0.05) is 63.3 Å². The van der Waals surface area contributed by atoms with Crippen molar-refractivity contribution in [2.24, 2.45) is 5.73 Å². The first-order valence-electron chi connectivity index (χ1n) is 9.71. The Labute approximate surface area is 158 Å². The quantitative estimate of drug-likeness (QED) is 0.336. The molecule has 26 heavy (non-hydrogen) atoms. The molecule has 0 aliphatic heterocycles. The summed E-state index contributed by atoms with van der Waals surface area (Å²) < 4.78 is 30.6. The number of aliphatic hydroxyl groups excluding tert-OH is 1. The Hall–Kier alpha value is -0.950. The first kappa shape index (κ1) is 23.1. The second-order valence-corrected chi connectivity index (χ2v) is 8.96. The van der Waals surface area contributed by atoms with Crippen LogP contribution in [0.1, 0.15) is 69.4 Å². The number of unbranched alkanes of at least 4 members (excludes halogenated alkanes) is 5. The fourth-order valence-electron chi connectivity index (χ4n) is 2.99. The van der Waals surface area contributed by atoms with E-state index in [4.69, 9.17) is 10.3 Å². The molecular weight excluding hydrogens is 350 g/mol. The van der Waals surface area contributed by atoms with E-state index in [2.05, 4.69) is 31.2 Å². The summed E-state index contributed by atoms with van der Waals surface area (Å²) in [4.78, 5) is 0. The zero-order valence-corrected chi connectivity index (χ0v) is 16.8. The number of hydrogen-bond acceptors (Lipinski definition) is 4. The van der Waals surface area contributed by atoms with Gasteiger partial charge in [0.25, 0.3) is 10.1 Å². The minimum atomic E-state index is -4.06. The Balaban J connectivity index is 2.38. The summed E-state index contributed by atoms with van der Waals surface area (Å²) in [7, 11) is -4.06. The van der Waals surface area contributed by atoms with Crippen molar-refractivity contribution in [1.29, 1.82) is 0 Å². The molecule has 1 unspecified atom stereocenters. The highest BCUT2D eigenvalue weighted by Crippen LogP contribution is 2.18. The second-order valence-electron chi connectivity index (χ2n) is 7.39. The Morgan fingerprint density at radius 1 is 0.923 bits per heavy atom. The Morgan fingerprint density at radius 3 is 2.00 bits per heavy atom. The van der Waals surface area contributed by atoms with E-state index < -0.39 is 21.4 Å². The maximum atomic E-state index is 10.9. The molecule has 1 aromatic rings. The van der Waals surface area contributed by atoms with Gasteiger partial charge in [-0.05, 0) is 43.2 Å². The van der Waals surface area contributed by atoms with Crippen LogP contribution in [0.15, 0.2) is 24.3 Å². The number of aliphatic hydroxyl groups is 1. The van der Waals surface area contributed by atoms with Crippen LogP contribution in [-0.2, 0) is 23.0 Å². The fraction of sp³-hybridized carbons (Fsp3) is 0.700. The molecule has 0 bridgehead atoms. The van der Waals surface area contributed by atoms with Crippen LogP contribution in [0.3, 0.4) is 0 Å². The molecule has 0 amide bonds. The van der Waals surface area contributed by atoms with E-state index in [0.717, 1.165) is 12.0 Å². The van der Waals surface area contributed by atoms with E-state index in [0.29, 0.717) is 12.8 Å². The van der Waals surface area contributed by atoms with Crippen molar-refractivity contribution in [2.45, 2.75) is 76.7 Å². The molecule has 6 heteroatoms. The molecule has 0 fully saturated rings. The van der Waals surface area contributed by atoms with E-state index in [9.17, 15) is 13.5 Å². The van der Waals surface area contributed by atoms with Crippen molar-refractivity contribution in [3.05, 3.63) is 35.4 Å². The van der Waals surface area contributed by atoms with Gasteiger partial charge in [-0.2, -0.15) is 8.42 Å². The van der Waals surface area contributed by atoms with Crippen molar-refractivity contribution in [1.82, 2.24) is 0 Å². The van der Waals surface area contributed by atoms with Crippen LogP contribution >= 0.6 is 0 Å². The molecule has 4 N–H and O–H groups in total. The Morgan fingerprint density at radius 2 is 1.46 bits per heavy atom. The maximum absolute atomic E-state index is 10.9. The lowest BCUT2D eigenvalue weighted by molar-refractivity contribution is 0.183. The van der Waals surface area contributed by atoms with Crippen LogP contribution in [0.25, 0.3) is 0 Å². The minimum absolute atomic E-state index is 0.0401. The summed E-state index contributed by atoms with van der Waals surface area (Å²) in [5, 5.41) is 9.48. The first-order chi connectivity index (χ1) is 12.3. The van der Waals surface area contributed by atoms with Crippen molar-refractivity contribution < 1.29 is 18.1 Å². The molecule has 0 aliphatic rings. The zero-order valence-electron chi connectivity index (χ0n) is 16.0. The summed E-state index contributed by atoms with van der Waals surface area (Å²) in [5.41, 5.74) is 7.53. The van der Waals surface area contributed by atoms with E-state index >= 15 is 0 Å². The molecule has 1 rings (SSSR count). The van der Waals surface area contributed by atoms with Gasteiger partial charge in [0.2, 0.25) is 0 Å². The highest BCUT2D eigenvalue weighted by Gasteiger charge is 2.26. The van der Waals surface area contributed by atoms with Gasteiger partial charge in [-0.25, -0.2) is 0 Å². The SMILES string of the molecule is CCCCCCCCc1ccc(CCC(N)(CO)CCS(=O)(=O)O)cc1. The van der Waals surface area contributed by atoms with Crippen LogP contribution in [0.5, 0.6) is 0 Å². The molecule has 0 saturated heterocycles. The van der Waals surface area contributed by atoms with Crippen LogP contribution in [0.4, 0.5) is 0 Å². The van der Waals surface area contributed by atoms with E-state index in [-0.39, 0.29) is 13.0 Å². The number of benzene rings is 1. The van der Waals surface area contributed by atoms with Crippen LogP contribution in [-0.4, -0.2) is 36.0 Å². The molecule has 0 spiro atoms. The maximum Gasteiger partial charge on any atom is 0.264 e. The highest BCUT2D eigenvalue weighted by atomic mass is 32.2. The largest absolute Gasteiger partial charge is 0.394 e. The first-order valence-corrected chi connectivity index (χ1v) is 11.3. The number of aryl methyl sites for hydroxylation is 2. The molecule has 5 nitrogen and oxygen atoms in total. The fourth-order valence-corrected chi connectivity index (χ4v) is 3.66. The van der Waals surface area contributed by atoms with Crippen LogP contribution in [0, 0.1) is 0 Å². The topological polar surface area (TPSA) is 101 Å². The Bertz CT molecular complexity index is 601. The average Bonchev–Trinajstić information content (AvgIpc) is 2.61. The highest BCUT2D eigenvalue weighted by molar-refractivity contribution is 7.85. The third kappa shape index (κ3) is 10.3. The molecule has 0 saturated carbocycles. The molecule has 0 aromatic heterocycles. The van der Waals surface area contributed by atoms with Gasteiger partial charge >= 0.3 is 0 Å². The van der Waals surface area contributed by atoms with Crippen molar-refractivity contribution >= 4 is 10.1 Å². The lowest BCUT2D eigenvalue weighted by Gasteiger charge is -2.26. The Kier molecular flexibility index (Phi) is 10.4. The third-order valence-electron chi connectivity index (χ3n) is 4.93. The molecular formula is C20H35NO4S. The summed E-state index contributed by atoms with van der Waals surface area (Å²) in [6, 6.07) is 8.42. The number of nitrogens with two attached hydrogens (primary N) is 1. The van der Waals surface area contributed by atoms with Gasteiger partial charge in [0.1, 0.15) is 0 Å². The van der Waals surface area contributed by atoms with Crippen molar-refractivity contribution in [3.8, 4) is 0 Å². The predicted octanol–water partition coefficient (Wildman–Crippen LogP) is 3.49. The minimum Gasteiger partial charge on any atom is -0.394 e. The van der Waals surface area contributed by atoms with Gasteiger partial charge in [-0.15, -0.1) is 0 Å². The average molecular weight is 386 g/mol. The summed E-state index contributed by atoms with van der Waals surface area (Å²) >= 11 is 0. The van der Waals surface area contributed by atoms with Gasteiger partial charge in [-0.3, -0.25) is 4.55 Å². The van der Waals surface area contributed by atoms with Crippen molar-refractivity contribution in [3.63, 3.8) is 0 Å². The molecule has 0 aliphatic carbocycles. The molecule has 150 valence electrons. The summed E-state index contributed by atoms with van der Waals surface area (Å²) in [6.45, 7) is 1.92. The third-order valence-corrected chi connectivity index (χ3v) is 5.65. The normalized spacial score (nSPS) is 14.3. The number of hydrogen-bond donors (Lipinski definition) is 3. The van der Waals surface area contributed by atoms with Gasteiger partial charge in [0, 0.05) is 5.54 Å². The summed E-state index contributed by atoms with van der Waals surface area (Å²) in [5.74, 6) is -0.429. The summed E-state index contributed by atoms with van der Waals surface area (Å²) in [6.07, 6.45) is 10.0. The van der Waals surface area contributed by atoms with Crippen LogP contribution < -0.4 is 5.73 Å². The lowest BCUT2D eigenvalue weighted by Crippen LogP contribution is -2.45. The van der Waals surface area contributed by atoms with E-state index in [1.807, 2.05) is 0 Å². The monoisotopic (exact) mass is 385 g/mol. The number of rotatable bonds is 14. The smallest absolute Gasteiger partial charge is 0.264 e. The van der Waals surface area contributed by atoms with E-state index in [1.165, 1.54) is 44.1 Å². The van der Waals surface area contributed by atoms with E-state index in [1.54, 1.807) is 0 Å². The zero-order chi connectivity index (χ0) is 19.5. The van der Waals surface area contributed by atoms with Gasteiger partial charge in [0.05, 0.1) is 12.4 Å². The molecule has 0 heterocycles. The van der Waals surface area contributed by atoms with Gasteiger partial charge in [0.15, 0.2) is 0 Å². The molecule has 0 radical (unpaired) electrons. The molecule has 1 aromatic carbocycles.